The van der Waals surface area contributed by atoms with E-state index in [0.717, 1.165) is 11.1 Å². The SMILES string of the molecule is CNN(CC(O)COc1ccc(C(C)(C)c2ccc(OCC(O)CCl)c(Cl)c2)cc1)/C(C)=C(\N)CO. The van der Waals surface area contributed by atoms with E-state index in [4.69, 9.17) is 38.4 Å². The van der Waals surface area contributed by atoms with Crippen LogP contribution in [0.3, 0.4) is 0 Å². The predicted octanol–water partition coefficient (Wildman–Crippen LogP) is 3.00. The first kappa shape index (κ1) is 30.0. The van der Waals surface area contributed by atoms with E-state index in [1.165, 1.54) is 0 Å². The first-order chi connectivity index (χ1) is 17.0. The van der Waals surface area contributed by atoms with Gasteiger partial charge in [-0.3, -0.25) is 0 Å². The molecular formula is C26H37Cl2N3O5. The molecule has 0 aliphatic carbocycles. The number of benzene rings is 2. The number of rotatable bonds is 14. The Morgan fingerprint density at radius 3 is 2.22 bits per heavy atom. The van der Waals surface area contributed by atoms with Crippen LogP contribution in [0.5, 0.6) is 11.5 Å². The van der Waals surface area contributed by atoms with Crippen molar-refractivity contribution in [3.8, 4) is 11.5 Å². The van der Waals surface area contributed by atoms with Crippen LogP contribution in [-0.2, 0) is 5.41 Å². The van der Waals surface area contributed by atoms with Gasteiger partial charge < -0.3 is 35.5 Å². The predicted molar refractivity (Wildman–Crippen MR) is 143 cm³/mol. The quantitative estimate of drug-likeness (QED) is 0.183. The van der Waals surface area contributed by atoms with Gasteiger partial charge in [-0.05, 0) is 42.3 Å². The molecule has 0 aliphatic rings. The summed E-state index contributed by atoms with van der Waals surface area (Å²) in [6, 6.07) is 13.3. The first-order valence-electron chi connectivity index (χ1n) is 11.6. The van der Waals surface area contributed by atoms with E-state index >= 15 is 0 Å². The zero-order valence-electron chi connectivity index (χ0n) is 21.2. The summed E-state index contributed by atoms with van der Waals surface area (Å²) in [5, 5.41) is 31.3. The number of hydrogen-bond acceptors (Lipinski definition) is 8. The Bertz CT molecular complexity index is 1000. The van der Waals surface area contributed by atoms with E-state index in [1.807, 2.05) is 36.4 Å². The molecular weight excluding hydrogens is 505 g/mol. The lowest BCUT2D eigenvalue weighted by Crippen LogP contribution is -2.42. The fourth-order valence-corrected chi connectivity index (χ4v) is 3.84. The van der Waals surface area contributed by atoms with E-state index in [9.17, 15) is 15.3 Å². The summed E-state index contributed by atoms with van der Waals surface area (Å²) in [6.45, 7) is 6.08. The molecule has 0 saturated carbocycles. The summed E-state index contributed by atoms with van der Waals surface area (Å²) in [4.78, 5) is 0. The van der Waals surface area contributed by atoms with Gasteiger partial charge in [0.1, 0.15) is 36.9 Å². The van der Waals surface area contributed by atoms with Crippen molar-refractivity contribution in [2.75, 3.05) is 39.3 Å². The topological polar surface area (TPSA) is 120 Å². The third-order valence-corrected chi connectivity index (χ3v) is 6.64. The van der Waals surface area contributed by atoms with Crippen molar-refractivity contribution in [1.29, 1.82) is 0 Å². The summed E-state index contributed by atoms with van der Waals surface area (Å²) in [6.07, 6.45) is -1.54. The average Bonchev–Trinajstić information content (AvgIpc) is 2.88. The molecule has 2 rings (SSSR count). The van der Waals surface area contributed by atoms with Crippen LogP contribution in [-0.4, -0.2) is 71.8 Å². The van der Waals surface area contributed by atoms with Gasteiger partial charge >= 0.3 is 0 Å². The Morgan fingerprint density at radius 1 is 1.06 bits per heavy atom. The number of nitrogens with one attached hydrogen (secondary N) is 1. The summed E-state index contributed by atoms with van der Waals surface area (Å²) in [7, 11) is 1.71. The lowest BCUT2D eigenvalue weighted by Gasteiger charge is -2.28. The van der Waals surface area contributed by atoms with E-state index in [2.05, 4.69) is 19.3 Å². The van der Waals surface area contributed by atoms with Crippen molar-refractivity contribution in [3.05, 3.63) is 70.0 Å². The smallest absolute Gasteiger partial charge is 0.138 e. The third-order valence-electron chi connectivity index (χ3n) is 5.98. The lowest BCUT2D eigenvalue weighted by atomic mass is 9.78. The summed E-state index contributed by atoms with van der Waals surface area (Å²) < 4.78 is 11.3. The van der Waals surface area contributed by atoms with Gasteiger partial charge in [-0.15, -0.1) is 11.6 Å². The van der Waals surface area contributed by atoms with Crippen LogP contribution >= 0.6 is 23.2 Å². The van der Waals surface area contributed by atoms with Gasteiger partial charge in [0.25, 0.3) is 0 Å². The third kappa shape index (κ3) is 8.16. The highest BCUT2D eigenvalue weighted by molar-refractivity contribution is 6.32. The second-order valence-corrected chi connectivity index (χ2v) is 9.70. The van der Waals surface area contributed by atoms with Crippen LogP contribution < -0.4 is 20.6 Å². The van der Waals surface area contributed by atoms with Crippen molar-refractivity contribution in [1.82, 2.24) is 10.4 Å². The highest BCUT2D eigenvalue weighted by Gasteiger charge is 2.24. The summed E-state index contributed by atoms with van der Waals surface area (Å²) in [5.41, 5.74) is 11.4. The van der Waals surface area contributed by atoms with Crippen molar-refractivity contribution >= 4 is 23.2 Å². The minimum absolute atomic E-state index is 0.0716. The van der Waals surface area contributed by atoms with Crippen LogP contribution in [0, 0.1) is 0 Å². The molecule has 2 atom stereocenters. The zero-order chi connectivity index (χ0) is 26.9. The summed E-state index contributed by atoms with van der Waals surface area (Å²) >= 11 is 12.0. The molecule has 2 aromatic carbocycles. The van der Waals surface area contributed by atoms with Crippen LogP contribution in [0.2, 0.25) is 5.02 Å². The number of nitrogens with two attached hydrogens (primary N) is 1. The Balaban J connectivity index is 2.02. The first-order valence-corrected chi connectivity index (χ1v) is 12.5. The van der Waals surface area contributed by atoms with Gasteiger partial charge in [0, 0.05) is 18.2 Å². The second-order valence-electron chi connectivity index (χ2n) is 8.98. The standard InChI is InChI=1S/C26H37Cl2N3O5/c1-17(24(29)14-32)31(30-4)13-21(34)16-35-22-8-5-18(6-9-22)26(2,3)19-7-10-25(23(28)11-19)36-15-20(33)12-27/h5-11,20-21,30,32-34H,12-16,29H2,1-4H3/b24-17-. The number of allylic oxidation sites excluding steroid dienone is 1. The minimum Gasteiger partial charge on any atom is -0.491 e. The molecule has 0 saturated heterocycles. The fourth-order valence-electron chi connectivity index (χ4n) is 3.51. The van der Waals surface area contributed by atoms with E-state index in [-0.39, 0.29) is 37.7 Å². The van der Waals surface area contributed by atoms with Gasteiger partial charge in [0.15, 0.2) is 0 Å². The molecule has 0 heterocycles. The Morgan fingerprint density at radius 2 is 1.67 bits per heavy atom. The second kappa shape index (κ2) is 13.9. The number of aliphatic hydroxyl groups excluding tert-OH is 3. The molecule has 6 N–H and O–H groups in total. The van der Waals surface area contributed by atoms with Crippen LogP contribution in [0.1, 0.15) is 31.9 Å². The number of nitrogens with zero attached hydrogens (tertiary/aromatic N) is 1. The zero-order valence-corrected chi connectivity index (χ0v) is 22.7. The van der Waals surface area contributed by atoms with Gasteiger partial charge in [-0.25, -0.2) is 5.43 Å². The Hall–Kier alpha value is -2.20. The number of hydrogen-bond donors (Lipinski definition) is 5. The molecule has 0 radical (unpaired) electrons. The maximum atomic E-state index is 10.4. The van der Waals surface area contributed by atoms with Gasteiger partial charge in [0.2, 0.25) is 0 Å². The van der Waals surface area contributed by atoms with E-state index < -0.39 is 12.2 Å². The number of halogens is 2. The van der Waals surface area contributed by atoms with E-state index in [0.29, 0.717) is 27.9 Å². The van der Waals surface area contributed by atoms with Crippen LogP contribution in [0.4, 0.5) is 0 Å². The molecule has 2 aromatic rings. The maximum Gasteiger partial charge on any atom is 0.138 e. The molecule has 200 valence electrons. The largest absolute Gasteiger partial charge is 0.491 e. The van der Waals surface area contributed by atoms with Crippen molar-refractivity contribution in [2.24, 2.45) is 5.73 Å². The lowest BCUT2D eigenvalue weighted by molar-refractivity contribution is 0.0659. The van der Waals surface area contributed by atoms with Crippen LogP contribution in [0.15, 0.2) is 53.9 Å². The molecule has 2 unspecified atom stereocenters. The molecule has 10 heteroatoms. The normalized spacial score (nSPS) is 14.1. The Labute approximate surface area is 223 Å². The fraction of sp³-hybridized carbons (Fsp3) is 0.462. The molecule has 0 aromatic heterocycles. The molecule has 0 bridgehead atoms. The number of ether oxygens (including phenoxy) is 2. The number of aliphatic hydroxyl groups is 3. The number of alkyl halides is 1. The molecule has 0 amide bonds. The average molecular weight is 543 g/mol. The van der Waals surface area contributed by atoms with Gasteiger partial charge in [0.05, 0.1) is 29.8 Å². The van der Waals surface area contributed by atoms with Gasteiger partial charge in [-0.1, -0.05) is 43.6 Å². The highest BCUT2D eigenvalue weighted by atomic mass is 35.5. The maximum absolute atomic E-state index is 10.4. The summed E-state index contributed by atoms with van der Waals surface area (Å²) in [5.74, 6) is 1.21. The highest BCUT2D eigenvalue weighted by Crippen LogP contribution is 2.36. The van der Waals surface area contributed by atoms with Crippen molar-refractivity contribution < 1.29 is 24.8 Å². The molecule has 0 fully saturated rings. The molecule has 8 nitrogen and oxygen atoms in total. The Kier molecular flexibility index (Phi) is 11.6. The monoisotopic (exact) mass is 541 g/mol. The van der Waals surface area contributed by atoms with Crippen molar-refractivity contribution in [2.45, 2.75) is 38.4 Å². The molecule has 36 heavy (non-hydrogen) atoms. The number of hydrazine groups is 1. The minimum atomic E-state index is -0.788. The molecule has 0 spiro atoms. The molecule has 0 aliphatic heterocycles. The van der Waals surface area contributed by atoms with E-state index in [1.54, 1.807) is 25.0 Å². The van der Waals surface area contributed by atoms with Crippen LogP contribution in [0.25, 0.3) is 0 Å². The van der Waals surface area contributed by atoms with Crippen molar-refractivity contribution in [3.63, 3.8) is 0 Å². The van der Waals surface area contributed by atoms with Gasteiger partial charge in [-0.2, -0.15) is 0 Å².